The van der Waals surface area contributed by atoms with Crippen molar-refractivity contribution in [3.8, 4) is 0 Å². The number of carbonyl (C=O) groups excluding carboxylic acids is 2. The fraction of sp³-hybridized carbons (Fsp3) is 0.556. The Morgan fingerprint density at radius 2 is 1.79 bits per heavy atom. The predicted octanol–water partition coefficient (Wildman–Crippen LogP) is -0.0831. The number of hydrogen-bond acceptors (Lipinski definition) is 5. The van der Waals surface area contributed by atoms with Crippen molar-refractivity contribution in [3.05, 3.63) is 30.1 Å². The highest BCUT2D eigenvalue weighted by molar-refractivity contribution is 7.89. The number of piperazine rings is 1. The molecule has 1 saturated heterocycles. The van der Waals surface area contributed by atoms with Crippen LogP contribution in [-0.4, -0.2) is 75.3 Å². The van der Waals surface area contributed by atoms with Gasteiger partial charge in [-0.1, -0.05) is 12.1 Å². The SMILES string of the molecule is O=C(CN1CCN(C(=O)CCNS(=O)(=O)c2ccccc2F)CC1)NC1CC1. The summed E-state index contributed by atoms with van der Waals surface area (Å²) >= 11 is 0. The molecule has 1 aliphatic heterocycles. The Bertz CT molecular complexity index is 821. The van der Waals surface area contributed by atoms with Crippen LogP contribution in [0.1, 0.15) is 19.3 Å². The normalized spacial score (nSPS) is 18.1. The number of halogens is 1. The predicted molar refractivity (Wildman–Crippen MR) is 100 cm³/mol. The molecule has 10 heteroatoms. The van der Waals surface area contributed by atoms with Crippen molar-refractivity contribution in [1.29, 1.82) is 0 Å². The third kappa shape index (κ3) is 5.73. The lowest BCUT2D eigenvalue weighted by Gasteiger charge is -2.34. The van der Waals surface area contributed by atoms with Crippen LogP contribution in [-0.2, 0) is 19.6 Å². The zero-order valence-electron chi connectivity index (χ0n) is 15.6. The van der Waals surface area contributed by atoms with Crippen molar-refractivity contribution < 1.29 is 22.4 Å². The lowest BCUT2D eigenvalue weighted by atomic mass is 10.2. The molecule has 1 heterocycles. The zero-order valence-corrected chi connectivity index (χ0v) is 16.4. The second kappa shape index (κ2) is 8.97. The van der Waals surface area contributed by atoms with Crippen LogP contribution < -0.4 is 10.0 Å². The van der Waals surface area contributed by atoms with Gasteiger partial charge in [0.15, 0.2) is 0 Å². The van der Waals surface area contributed by atoms with E-state index in [1.807, 2.05) is 4.90 Å². The van der Waals surface area contributed by atoms with Crippen molar-refractivity contribution in [2.45, 2.75) is 30.2 Å². The van der Waals surface area contributed by atoms with Crippen molar-refractivity contribution in [1.82, 2.24) is 19.8 Å². The number of amides is 2. The van der Waals surface area contributed by atoms with E-state index in [0.29, 0.717) is 38.8 Å². The fourth-order valence-electron chi connectivity index (χ4n) is 3.05. The topological polar surface area (TPSA) is 98.8 Å². The van der Waals surface area contributed by atoms with Crippen molar-refractivity contribution in [2.75, 3.05) is 39.3 Å². The van der Waals surface area contributed by atoms with Crippen LogP contribution in [0.4, 0.5) is 4.39 Å². The average Bonchev–Trinajstić information content (AvgIpc) is 3.46. The number of carbonyl (C=O) groups is 2. The van der Waals surface area contributed by atoms with E-state index < -0.39 is 20.7 Å². The molecule has 0 atom stereocenters. The molecule has 2 amide bonds. The van der Waals surface area contributed by atoms with Gasteiger partial charge < -0.3 is 10.2 Å². The minimum absolute atomic E-state index is 0.00412. The number of benzene rings is 1. The maximum absolute atomic E-state index is 13.6. The fourth-order valence-corrected chi connectivity index (χ4v) is 4.16. The van der Waals surface area contributed by atoms with E-state index in [4.69, 9.17) is 0 Å². The number of hydrogen-bond donors (Lipinski definition) is 2. The van der Waals surface area contributed by atoms with E-state index >= 15 is 0 Å². The average molecular weight is 412 g/mol. The summed E-state index contributed by atoms with van der Waals surface area (Å²) in [7, 11) is -3.99. The molecule has 0 radical (unpaired) electrons. The highest BCUT2D eigenvalue weighted by Gasteiger charge is 2.26. The van der Waals surface area contributed by atoms with Crippen molar-refractivity contribution in [3.63, 3.8) is 0 Å². The van der Waals surface area contributed by atoms with Crippen LogP contribution in [0.2, 0.25) is 0 Å². The van der Waals surface area contributed by atoms with Gasteiger partial charge in [0.25, 0.3) is 0 Å². The van der Waals surface area contributed by atoms with Gasteiger partial charge in [-0.05, 0) is 25.0 Å². The van der Waals surface area contributed by atoms with Crippen LogP contribution in [0.5, 0.6) is 0 Å². The van der Waals surface area contributed by atoms with Crippen LogP contribution in [0, 0.1) is 5.82 Å². The summed E-state index contributed by atoms with van der Waals surface area (Å²) in [4.78, 5) is 27.3. The summed E-state index contributed by atoms with van der Waals surface area (Å²) in [6, 6.07) is 5.44. The maximum atomic E-state index is 13.6. The molecule has 0 unspecified atom stereocenters. The van der Waals surface area contributed by atoms with E-state index in [0.717, 1.165) is 18.9 Å². The summed E-state index contributed by atoms with van der Waals surface area (Å²) in [5.41, 5.74) is 0. The van der Waals surface area contributed by atoms with Crippen LogP contribution in [0.15, 0.2) is 29.2 Å². The molecule has 28 heavy (non-hydrogen) atoms. The molecule has 1 aromatic carbocycles. The lowest BCUT2D eigenvalue weighted by molar-refractivity contribution is -0.133. The molecule has 154 valence electrons. The molecule has 2 fully saturated rings. The van der Waals surface area contributed by atoms with E-state index in [1.165, 1.54) is 18.2 Å². The van der Waals surface area contributed by atoms with Gasteiger partial charge in [0.1, 0.15) is 10.7 Å². The molecule has 0 spiro atoms. The first-order valence-electron chi connectivity index (χ1n) is 9.39. The Hall–Kier alpha value is -2.04. The van der Waals surface area contributed by atoms with Crippen LogP contribution in [0.3, 0.4) is 0 Å². The van der Waals surface area contributed by atoms with Crippen molar-refractivity contribution >= 4 is 21.8 Å². The van der Waals surface area contributed by atoms with Crippen molar-refractivity contribution in [2.24, 2.45) is 0 Å². The van der Waals surface area contributed by atoms with Crippen LogP contribution in [0.25, 0.3) is 0 Å². The highest BCUT2D eigenvalue weighted by Crippen LogP contribution is 2.18. The number of nitrogens with one attached hydrogen (secondary N) is 2. The molecule has 1 aromatic rings. The number of rotatable bonds is 8. The quantitative estimate of drug-likeness (QED) is 0.622. The molecule has 2 N–H and O–H groups in total. The third-order valence-electron chi connectivity index (χ3n) is 4.79. The molecule has 8 nitrogen and oxygen atoms in total. The van der Waals surface area contributed by atoms with Gasteiger partial charge in [-0.15, -0.1) is 0 Å². The number of sulfonamides is 1. The summed E-state index contributed by atoms with van der Waals surface area (Å²) in [5, 5.41) is 2.94. The minimum Gasteiger partial charge on any atom is -0.352 e. The molecule has 1 saturated carbocycles. The lowest BCUT2D eigenvalue weighted by Crippen LogP contribution is -2.51. The first-order chi connectivity index (χ1) is 13.3. The van der Waals surface area contributed by atoms with Gasteiger partial charge in [0.2, 0.25) is 21.8 Å². The summed E-state index contributed by atoms with van der Waals surface area (Å²) < 4.78 is 40.1. The first-order valence-corrected chi connectivity index (χ1v) is 10.9. The van der Waals surface area contributed by atoms with E-state index in [9.17, 15) is 22.4 Å². The Morgan fingerprint density at radius 3 is 2.43 bits per heavy atom. The second-order valence-corrected chi connectivity index (χ2v) is 8.81. The van der Waals surface area contributed by atoms with Gasteiger partial charge >= 0.3 is 0 Å². The molecule has 0 aromatic heterocycles. The summed E-state index contributed by atoms with van der Waals surface area (Å²) in [5.74, 6) is -0.980. The number of nitrogens with zero attached hydrogens (tertiary/aromatic N) is 2. The van der Waals surface area contributed by atoms with Gasteiger partial charge in [-0.3, -0.25) is 14.5 Å². The summed E-state index contributed by atoms with van der Waals surface area (Å²) in [6.07, 6.45) is 2.10. The second-order valence-electron chi connectivity index (χ2n) is 7.08. The third-order valence-corrected chi connectivity index (χ3v) is 6.29. The van der Waals surface area contributed by atoms with Gasteiger partial charge in [0, 0.05) is 45.2 Å². The van der Waals surface area contributed by atoms with E-state index in [2.05, 4.69) is 10.0 Å². The first kappa shape index (κ1) is 20.7. The minimum atomic E-state index is -3.99. The molecular formula is C18H25FN4O4S. The molecule has 3 rings (SSSR count). The van der Waals surface area contributed by atoms with Crippen LogP contribution >= 0.6 is 0 Å². The molecular weight excluding hydrogens is 387 g/mol. The zero-order chi connectivity index (χ0) is 20.1. The Balaban J connectivity index is 1.38. The van der Waals surface area contributed by atoms with E-state index in [-0.39, 0.29) is 24.8 Å². The highest BCUT2D eigenvalue weighted by atomic mass is 32.2. The smallest absolute Gasteiger partial charge is 0.243 e. The van der Waals surface area contributed by atoms with Gasteiger partial charge in [-0.25, -0.2) is 17.5 Å². The Morgan fingerprint density at radius 1 is 1.11 bits per heavy atom. The molecule has 1 aliphatic carbocycles. The molecule has 0 bridgehead atoms. The monoisotopic (exact) mass is 412 g/mol. The Labute approximate surface area is 164 Å². The van der Waals surface area contributed by atoms with Gasteiger partial charge in [0.05, 0.1) is 6.54 Å². The Kier molecular flexibility index (Phi) is 6.63. The van der Waals surface area contributed by atoms with Gasteiger partial charge in [-0.2, -0.15) is 0 Å². The summed E-state index contributed by atoms with van der Waals surface area (Å²) in [6.45, 7) is 2.43. The maximum Gasteiger partial charge on any atom is 0.243 e. The standard InChI is InChI=1S/C18H25FN4O4S/c19-15-3-1-2-4-16(15)28(26,27)20-8-7-18(25)23-11-9-22(10-12-23)13-17(24)21-14-5-6-14/h1-4,14,20H,5-13H2,(H,21,24). The van der Waals surface area contributed by atoms with E-state index in [1.54, 1.807) is 4.90 Å². The molecule has 2 aliphatic rings. The largest absolute Gasteiger partial charge is 0.352 e.